The molecule has 2 aromatic carbocycles. The summed E-state index contributed by atoms with van der Waals surface area (Å²) >= 11 is 13.2. The van der Waals surface area contributed by atoms with E-state index in [1.165, 1.54) is 16.2 Å². The number of likely N-dealkylation sites (N-methyl/N-ethyl adjacent to an activating group) is 1. The maximum absolute atomic E-state index is 12.3. The predicted octanol–water partition coefficient (Wildman–Crippen LogP) is 5.24. The lowest BCUT2D eigenvalue weighted by Gasteiger charge is -2.17. The van der Waals surface area contributed by atoms with Gasteiger partial charge in [0, 0.05) is 24.5 Å². The van der Waals surface area contributed by atoms with Crippen LogP contribution in [0.5, 0.6) is 0 Å². The number of esters is 1. The Labute approximate surface area is 182 Å². The molecule has 5 nitrogen and oxygen atoms in total. The van der Waals surface area contributed by atoms with Crippen LogP contribution in [0.2, 0.25) is 10.0 Å². The van der Waals surface area contributed by atoms with E-state index in [0.717, 1.165) is 21.7 Å². The van der Waals surface area contributed by atoms with Crippen molar-refractivity contribution in [2.75, 3.05) is 13.7 Å². The van der Waals surface area contributed by atoms with E-state index in [2.05, 4.69) is 4.98 Å². The van der Waals surface area contributed by atoms with Crippen molar-refractivity contribution in [1.82, 2.24) is 9.88 Å². The summed E-state index contributed by atoms with van der Waals surface area (Å²) in [7, 11) is 1.62. The van der Waals surface area contributed by atoms with Crippen LogP contribution in [0.15, 0.2) is 47.8 Å². The summed E-state index contributed by atoms with van der Waals surface area (Å²) in [5, 5.41) is 3.22. The zero-order chi connectivity index (χ0) is 21.0. The summed E-state index contributed by atoms with van der Waals surface area (Å²) in [5.74, 6) is -0.964. The molecular formula is C21H18Cl2N2O3S. The standard InChI is InChI=1S/C21H18Cl2N2O3S/c1-13-3-6-15(7-4-13)20-24-18(12-29-20)21(27)28-11-19(26)25(2)10-14-5-8-16(22)17(23)9-14/h3-9,12H,10-11H2,1-2H3. The monoisotopic (exact) mass is 448 g/mol. The third kappa shape index (κ3) is 5.56. The first-order valence-electron chi connectivity index (χ1n) is 8.71. The number of aryl methyl sites for hydroxylation is 1. The van der Waals surface area contributed by atoms with Gasteiger partial charge in [-0.3, -0.25) is 4.79 Å². The molecule has 0 atom stereocenters. The average molecular weight is 449 g/mol. The van der Waals surface area contributed by atoms with Crippen LogP contribution in [0, 0.1) is 6.92 Å². The summed E-state index contributed by atoms with van der Waals surface area (Å²) in [6.45, 7) is 1.96. The molecule has 0 fully saturated rings. The largest absolute Gasteiger partial charge is 0.451 e. The van der Waals surface area contributed by atoms with Crippen molar-refractivity contribution in [3.63, 3.8) is 0 Å². The lowest BCUT2D eigenvalue weighted by Crippen LogP contribution is -2.30. The van der Waals surface area contributed by atoms with Crippen LogP contribution in [0.4, 0.5) is 0 Å². The van der Waals surface area contributed by atoms with Gasteiger partial charge in [-0.25, -0.2) is 9.78 Å². The van der Waals surface area contributed by atoms with Gasteiger partial charge in [-0.1, -0.05) is 59.1 Å². The Kier molecular flexibility index (Phi) is 6.90. The van der Waals surface area contributed by atoms with Crippen LogP contribution in [0.1, 0.15) is 21.6 Å². The molecule has 150 valence electrons. The number of carbonyl (C=O) groups excluding carboxylic acids is 2. The van der Waals surface area contributed by atoms with Crippen LogP contribution in [0.3, 0.4) is 0 Å². The van der Waals surface area contributed by atoms with E-state index in [9.17, 15) is 9.59 Å². The molecule has 0 saturated heterocycles. The molecule has 0 unspecified atom stereocenters. The molecule has 0 spiro atoms. The fraction of sp³-hybridized carbons (Fsp3) is 0.190. The minimum Gasteiger partial charge on any atom is -0.451 e. The van der Waals surface area contributed by atoms with Gasteiger partial charge in [-0.05, 0) is 24.6 Å². The molecule has 0 N–H and O–H groups in total. The predicted molar refractivity (Wildman–Crippen MR) is 116 cm³/mol. The smallest absolute Gasteiger partial charge is 0.358 e. The van der Waals surface area contributed by atoms with Crippen molar-refractivity contribution >= 4 is 46.4 Å². The number of rotatable bonds is 6. The maximum Gasteiger partial charge on any atom is 0.358 e. The van der Waals surface area contributed by atoms with Gasteiger partial charge in [-0.2, -0.15) is 0 Å². The lowest BCUT2D eigenvalue weighted by molar-refractivity contribution is -0.133. The third-order valence-electron chi connectivity index (χ3n) is 4.17. The Bertz CT molecular complexity index is 1030. The number of thiazole rings is 1. The van der Waals surface area contributed by atoms with Gasteiger partial charge in [0.05, 0.1) is 10.0 Å². The summed E-state index contributed by atoms with van der Waals surface area (Å²) in [6.07, 6.45) is 0. The van der Waals surface area contributed by atoms with Gasteiger partial charge in [0.15, 0.2) is 12.3 Å². The number of hydrogen-bond donors (Lipinski definition) is 0. The molecule has 0 aliphatic rings. The van der Waals surface area contributed by atoms with Gasteiger partial charge < -0.3 is 9.64 Å². The van der Waals surface area contributed by atoms with Crippen molar-refractivity contribution in [3.8, 4) is 10.6 Å². The van der Waals surface area contributed by atoms with Crippen LogP contribution in [-0.2, 0) is 16.1 Å². The zero-order valence-corrected chi connectivity index (χ0v) is 18.1. The van der Waals surface area contributed by atoms with E-state index in [1.54, 1.807) is 30.6 Å². The number of benzene rings is 2. The first-order valence-corrected chi connectivity index (χ1v) is 10.3. The zero-order valence-electron chi connectivity index (χ0n) is 15.8. The second-order valence-corrected chi connectivity index (χ2v) is 8.15. The van der Waals surface area contributed by atoms with Crippen molar-refractivity contribution in [3.05, 3.63) is 74.7 Å². The molecule has 3 rings (SSSR count). The molecule has 8 heteroatoms. The summed E-state index contributed by atoms with van der Waals surface area (Å²) in [6, 6.07) is 13.0. The van der Waals surface area contributed by atoms with Crippen molar-refractivity contribution < 1.29 is 14.3 Å². The molecule has 1 aromatic heterocycles. The number of nitrogens with zero attached hydrogens (tertiary/aromatic N) is 2. The molecule has 0 aliphatic heterocycles. The highest BCUT2D eigenvalue weighted by atomic mass is 35.5. The normalized spacial score (nSPS) is 10.6. The minimum atomic E-state index is -0.629. The topological polar surface area (TPSA) is 59.5 Å². The maximum atomic E-state index is 12.3. The molecule has 29 heavy (non-hydrogen) atoms. The number of halogens is 2. The van der Waals surface area contributed by atoms with Crippen molar-refractivity contribution in [2.24, 2.45) is 0 Å². The SMILES string of the molecule is Cc1ccc(-c2nc(C(=O)OCC(=O)N(C)Cc3ccc(Cl)c(Cl)c3)cs2)cc1. The van der Waals surface area contributed by atoms with Crippen LogP contribution in [-0.4, -0.2) is 35.4 Å². The molecule has 1 heterocycles. The summed E-state index contributed by atoms with van der Waals surface area (Å²) in [4.78, 5) is 30.3. The van der Waals surface area contributed by atoms with Crippen molar-refractivity contribution in [1.29, 1.82) is 0 Å². The number of aromatic nitrogens is 1. The third-order valence-corrected chi connectivity index (χ3v) is 5.80. The van der Waals surface area contributed by atoms with Gasteiger partial charge in [0.1, 0.15) is 5.01 Å². The van der Waals surface area contributed by atoms with E-state index >= 15 is 0 Å². The average Bonchev–Trinajstić information content (AvgIpc) is 3.19. The molecule has 0 bridgehead atoms. The lowest BCUT2D eigenvalue weighted by atomic mass is 10.2. The summed E-state index contributed by atoms with van der Waals surface area (Å²) in [5.41, 5.74) is 3.08. The van der Waals surface area contributed by atoms with E-state index in [1.807, 2.05) is 31.2 Å². The molecule has 3 aromatic rings. The van der Waals surface area contributed by atoms with E-state index in [4.69, 9.17) is 27.9 Å². The van der Waals surface area contributed by atoms with Gasteiger partial charge in [0.2, 0.25) is 0 Å². The summed E-state index contributed by atoms with van der Waals surface area (Å²) < 4.78 is 5.13. The first kappa shape index (κ1) is 21.3. The minimum absolute atomic E-state index is 0.186. The number of carbonyl (C=O) groups is 2. The highest BCUT2D eigenvalue weighted by Gasteiger charge is 2.17. The Morgan fingerprint density at radius 1 is 1.10 bits per heavy atom. The number of ether oxygens (including phenoxy) is 1. The molecular weight excluding hydrogens is 431 g/mol. The van der Waals surface area contributed by atoms with E-state index in [-0.39, 0.29) is 18.2 Å². The van der Waals surface area contributed by atoms with Crippen LogP contribution < -0.4 is 0 Å². The molecule has 0 radical (unpaired) electrons. The quantitative estimate of drug-likeness (QED) is 0.483. The molecule has 0 aliphatic carbocycles. The van der Waals surface area contributed by atoms with Gasteiger partial charge in [0.25, 0.3) is 5.91 Å². The van der Waals surface area contributed by atoms with Crippen molar-refractivity contribution in [2.45, 2.75) is 13.5 Å². The Morgan fingerprint density at radius 2 is 1.83 bits per heavy atom. The van der Waals surface area contributed by atoms with Crippen LogP contribution >= 0.6 is 34.5 Å². The first-order chi connectivity index (χ1) is 13.8. The van der Waals surface area contributed by atoms with Crippen LogP contribution in [0.25, 0.3) is 10.6 Å². The molecule has 0 saturated carbocycles. The number of amides is 1. The fourth-order valence-electron chi connectivity index (χ4n) is 2.51. The highest BCUT2D eigenvalue weighted by Crippen LogP contribution is 2.25. The van der Waals surface area contributed by atoms with E-state index < -0.39 is 5.97 Å². The molecule has 1 amide bonds. The van der Waals surface area contributed by atoms with Gasteiger partial charge in [-0.15, -0.1) is 11.3 Å². The Hall–Kier alpha value is -2.41. The Morgan fingerprint density at radius 3 is 2.52 bits per heavy atom. The highest BCUT2D eigenvalue weighted by molar-refractivity contribution is 7.13. The number of hydrogen-bond acceptors (Lipinski definition) is 5. The van der Waals surface area contributed by atoms with Gasteiger partial charge >= 0.3 is 5.97 Å². The fourth-order valence-corrected chi connectivity index (χ4v) is 3.62. The second kappa shape index (κ2) is 9.39. The second-order valence-electron chi connectivity index (χ2n) is 6.48. The Balaban J connectivity index is 1.55. The van der Waals surface area contributed by atoms with E-state index in [0.29, 0.717) is 16.6 Å².